The Morgan fingerprint density at radius 1 is 0.893 bits per heavy atom. The van der Waals surface area contributed by atoms with Gasteiger partial charge in [0, 0.05) is 5.02 Å². The Kier molecular flexibility index (Phi) is 7.33. The van der Waals surface area contributed by atoms with Gasteiger partial charge >= 0.3 is 0 Å². The Hall–Kier alpha value is -2.98. The van der Waals surface area contributed by atoms with Gasteiger partial charge in [-0.1, -0.05) is 54.1 Å². The van der Waals surface area contributed by atoms with Gasteiger partial charge in [0.05, 0.1) is 19.4 Å². The third-order valence-electron chi connectivity index (χ3n) is 4.01. The van der Waals surface area contributed by atoms with Crippen molar-refractivity contribution in [2.45, 2.75) is 20.1 Å². The zero-order chi connectivity index (χ0) is 19.6. The van der Waals surface area contributed by atoms with Crippen LogP contribution in [0.25, 0.3) is 0 Å². The molecule has 0 amide bonds. The number of nitrogens with one attached hydrogen (secondary N) is 1. The van der Waals surface area contributed by atoms with Gasteiger partial charge in [0.1, 0.15) is 6.61 Å². The molecule has 0 aliphatic carbocycles. The number of rotatable bonds is 9. The van der Waals surface area contributed by atoms with Crippen molar-refractivity contribution in [3.63, 3.8) is 0 Å². The number of ether oxygens (including phenoxy) is 2. The highest BCUT2D eigenvalue weighted by atomic mass is 35.5. The lowest BCUT2D eigenvalue weighted by atomic mass is 10.2. The fourth-order valence-electron chi connectivity index (χ4n) is 2.59. The Labute approximate surface area is 170 Å². The molecule has 0 bridgehead atoms. The predicted octanol–water partition coefficient (Wildman–Crippen LogP) is 5.44. The van der Waals surface area contributed by atoms with E-state index in [0.29, 0.717) is 36.3 Å². The van der Waals surface area contributed by atoms with Crippen LogP contribution in [-0.2, 0) is 13.2 Å². The lowest BCUT2D eigenvalue weighted by Crippen LogP contribution is -2.05. The summed E-state index contributed by atoms with van der Waals surface area (Å²) in [6.07, 6.45) is 1.77. The molecule has 0 atom stereocenters. The first-order valence-electron chi connectivity index (χ1n) is 9.18. The Morgan fingerprint density at radius 3 is 2.43 bits per heavy atom. The minimum atomic E-state index is 0.448. The van der Waals surface area contributed by atoms with Crippen molar-refractivity contribution >= 4 is 17.8 Å². The number of benzene rings is 3. The fraction of sp³-hybridized carbons (Fsp3) is 0.174. The topological polar surface area (TPSA) is 42.8 Å². The van der Waals surface area contributed by atoms with E-state index in [-0.39, 0.29) is 0 Å². The highest BCUT2D eigenvalue weighted by Crippen LogP contribution is 2.29. The third kappa shape index (κ3) is 6.03. The average molecular weight is 395 g/mol. The number of hydrogen-bond donors (Lipinski definition) is 1. The van der Waals surface area contributed by atoms with E-state index in [1.165, 1.54) is 5.56 Å². The maximum Gasteiger partial charge on any atom is 0.161 e. The van der Waals surface area contributed by atoms with Gasteiger partial charge in [-0.2, -0.15) is 5.10 Å². The summed E-state index contributed by atoms with van der Waals surface area (Å²) < 4.78 is 11.7. The third-order valence-corrected chi connectivity index (χ3v) is 4.26. The van der Waals surface area contributed by atoms with Crippen LogP contribution in [0.1, 0.15) is 23.6 Å². The van der Waals surface area contributed by atoms with Gasteiger partial charge in [-0.25, -0.2) is 0 Å². The van der Waals surface area contributed by atoms with Crippen LogP contribution in [0.4, 0.5) is 0 Å². The zero-order valence-corrected chi connectivity index (χ0v) is 16.5. The molecule has 0 radical (unpaired) electrons. The van der Waals surface area contributed by atoms with E-state index in [1.54, 1.807) is 6.21 Å². The summed E-state index contributed by atoms with van der Waals surface area (Å²) in [7, 11) is 0. The first-order valence-corrected chi connectivity index (χ1v) is 9.56. The lowest BCUT2D eigenvalue weighted by Gasteiger charge is -2.12. The van der Waals surface area contributed by atoms with Gasteiger partial charge in [0.25, 0.3) is 0 Å². The predicted molar refractivity (Wildman–Crippen MR) is 114 cm³/mol. The molecule has 5 heteroatoms. The van der Waals surface area contributed by atoms with Crippen LogP contribution in [0, 0.1) is 0 Å². The zero-order valence-electron chi connectivity index (χ0n) is 15.8. The summed E-state index contributed by atoms with van der Waals surface area (Å²) in [6, 6.07) is 23.5. The van der Waals surface area contributed by atoms with Crippen molar-refractivity contribution in [2.24, 2.45) is 5.10 Å². The number of halogens is 1. The van der Waals surface area contributed by atoms with Crippen molar-refractivity contribution < 1.29 is 9.47 Å². The summed E-state index contributed by atoms with van der Waals surface area (Å²) in [4.78, 5) is 0. The van der Waals surface area contributed by atoms with E-state index in [9.17, 15) is 0 Å². The summed E-state index contributed by atoms with van der Waals surface area (Å²) in [5.74, 6) is 1.40. The average Bonchev–Trinajstić information content (AvgIpc) is 2.73. The molecule has 0 aliphatic rings. The molecule has 0 spiro atoms. The van der Waals surface area contributed by atoms with E-state index >= 15 is 0 Å². The summed E-state index contributed by atoms with van der Waals surface area (Å²) in [6.45, 7) is 3.64. The summed E-state index contributed by atoms with van der Waals surface area (Å²) in [5.41, 5.74) is 6.21. The second kappa shape index (κ2) is 10.4. The van der Waals surface area contributed by atoms with Crippen LogP contribution in [0.15, 0.2) is 77.9 Å². The molecule has 0 unspecified atom stereocenters. The summed E-state index contributed by atoms with van der Waals surface area (Å²) >= 11 is 5.92. The van der Waals surface area contributed by atoms with E-state index < -0.39 is 0 Å². The van der Waals surface area contributed by atoms with Gasteiger partial charge < -0.3 is 14.9 Å². The van der Waals surface area contributed by atoms with Gasteiger partial charge in [0.15, 0.2) is 11.5 Å². The van der Waals surface area contributed by atoms with Crippen molar-refractivity contribution in [2.75, 3.05) is 6.61 Å². The van der Waals surface area contributed by atoms with Crippen molar-refractivity contribution in [3.8, 4) is 11.5 Å². The maximum absolute atomic E-state index is 5.93. The Balaban J connectivity index is 1.61. The minimum absolute atomic E-state index is 0.448. The second-order valence-corrected chi connectivity index (χ2v) is 6.57. The largest absolute Gasteiger partial charge is 0.490 e. The van der Waals surface area contributed by atoms with Crippen LogP contribution in [-0.4, -0.2) is 12.8 Å². The first-order chi connectivity index (χ1) is 13.7. The monoisotopic (exact) mass is 394 g/mol. The Morgan fingerprint density at radius 2 is 1.68 bits per heavy atom. The molecule has 3 aromatic carbocycles. The van der Waals surface area contributed by atoms with Crippen LogP contribution >= 0.6 is 11.6 Å². The number of hydrogen-bond acceptors (Lipinski definition) is 4. The molecule has 144 valence electrons. The van der Waals surface area contributed by atoms with E-state index in [0.717, 1.165) is 11.1 Å². The highest BCUT2D eigenvalue weighted by Gasteiger charge is 2.06. The maximum atomic E-state index is 5.93. The normalized spacial score (nSPS) is 10.8. The SMILES string of the molecule is CCOc1cc(C=NNCc2ccccc2)ccc1OCc1ccc(Cl)cc1. The van der Waals surface area contributed by atoms with Crippen molar-refractivity contribution in [1.29, 1.82) is 0 Å². The van der Waals surface area contributed by atoms with Gasteiger partial charge in [-0.05, 0) is 53.9 Å². The van der Waals surface area contributed by atoms with Crippen LogP contribution in [0.2, 0.25) is 5.02 Å². The van der Waals surface area contributed by atoms with Crippen LogP contribution < -0.4 is 14.9 Å². The molecular formula is C23H23ClN2O2. The molecule has 28 heavy (non-hydrogen) atoms. The van der Waals surface area contributed by atoms with E-state index in [4.69, 9.17) is 21.1 Å². The molecule has 3 rings (SSSR count). The van der Waals surface area contributed by atoms with Crippen molar-refractivity contribution in [3.05, 3.63) is 94.5 Å². The molecule has 0 aromatic heterocycles. The minimum Gasteiger partial charge on any atom is -0.490 e. The fourth-order valence-corrected chi connectivity index (χ4v) is 2.71. The van der Waals surface area contributed by atoms with Crippen LogP contribution in [0.3, 0.4) is 0 Å². The molecule has 4 nitrogen and oxygen atoms in total. The van der Waals surface area contributed by atoms with Gasteiger partial charge in [-0.3, -0.25) is 0 Å². The molecular weight excluding hydrogens is 372 g/mol. The van der Waals surface area contributed by atoms with Gasteiger partial charge in [0.2, 0.25) is 0 Å². The Bertz CT molecular complexity index is 896. The molecule has 3 aromatic rings. The van der Waals surface area contributed by atoms with Gasteiger partial charge in [-0.15, -0.1) is 0 Å². The highest BCUT2D eigenvalue weighted by molar-refractivity contribution is 6.30. The van der Waals surface area contributed by atoms with E-state index in [1.807, 2.05) is 67.6 Å². The molecule has 0 aliphatic heterocycles. The first kappa shape index (κ1) is 19.8. The van der Waals surface area contributed by atoms with Crippen LogP contribution in [0.5, 0.6) is 11.5 Å². The second-order valence-electron chi connectivity index (χ2n) is 6.13. The standard InChI is InChI=1S/C23H23ClN2O2/c1-2-27-23-14-20(16-26-25-15-18-6-4-3-5-7-18)10-13-22(23)28-17-19-8-11-21(24)12-9-19/h3-14,16,25H,2,15,17H2,1H3. The summed E-state index contributed by atoms with van der Waals surface area (Å²) in [5, 5.41) is 5.00. The quantitative estimate of drug-likeness (QED) is 0.388. The lowest BCUT2D eigenvalue weighted by molar-refractivity contribution is 0.269. The molecule has 0 heterocycles. The molecule has 0 saturated carbocycles. The molecule has 0 saturated heterocycles. The number of nitrogens with zero attached hydrogens (tertiary/aromatic N) is 1. The molecule has 1 N–H and O–H groups in total. The van der Waals surface area contributed by atoms with Crippen molar-refractivity contribution in [1.82, 2.24) is 5.43 Å². The van der Waals surface area contributed by atoms with E-state index in [2.05, 4.69) is 22.7 Å². The smallest absolute Gasteiger partial charge is 0.161 e. The number of hydrazone groups is 1. The molecule has 0 fully saturated rings.